The molecule has 0 unspecified atom stereocenters. The summed E-state index contributed by atoms with van der Waals surface area (Å²) in [5.74, 6) is 1.95. The van der Waals surface area contributed by atoms with Crippen LogP contribution in [-0.4, -0.2) is 32.5 Å². The van der Waals surface area contributed by atoms with E-state index in [1.54, 1.807) is 0 Å². The van der Waals surface area contributed by atoms with Crippen LogP contribution in [0.15, 0.2) is 4.42 Å². The van der Waals surface area contributed by atoms with E-state index in [0.29, 0.717) is 18.7 Å². The molecule has 0 spiro atoms. The highest BCUT2D eigenvalue weighted by Crippen LogP contribution is 2.25. The van der Waals surface area contributed by atoms with Crippen LogP contribution in [0.2, 0.25) is 0 Å². The number of carbonyl (C=O) groups is 1. The van der Waals surface area contributed by atoms with Crippen molar-refractivity contribution >= 4 is 5.91 Å². The molecule has 1 amide bonds. The van der Waals surface area contributed by atoms with E-state index in [2.05, 4.69) is 29.0 Å². The van der Waals surface area contributed by atoms with E-state index >= 15 is 0 Å². The summed E-state index contributed by atoms with van der Waals surface area (Å²) in [7, 11) is 0. The summed E-state index contributed by atoms with van der Waals surface area (Å²) in [6, 6.07) is 0. The predicted molar refractivity (Wildman–Crippen MR) is 77.1 cm³/mol. The van der Waals surface area contributed by atoms with Crippen LogP contribution < -0.4 is 0 Å². The topological polar surface area (TPSA) is 75.0 Å². The van der Waals surface area contributed by atoms with Crippen LogP contribution in [0.4, 0.5) is 0 Å². The maximum Gasteiger partial charge on any atom is 0.257 e. The van der Waals surface area contributed by atoms with Crippen molar-refractivity contribution in [1.82, 2.24) is 20.1 Å². The molecule has 0 radical (unpaired) electrons. The largest absolute Gasteiger partial charge is 0.445 e. The molecule has 21 heavy (non-hydrogen) atoms. The number of fused-ring (bicyclic) bond motifs is 1. The quantitative estimate of drug-likeness (QED) is 0.920. The van der Waals surface area contributed by atoms with Crippen LogP contribution in [0.1, 0.15) is 58.9 Å². The number of oxazole rings is 1. The molecule has 0 bridgehead atoms. The number of carbonyl (C=O) groups excluding carboxylic acids is 1. The molecule has 2 aromatic rings. The van der Waals surface area contributed by atoms with Crippen LogP contribution in [-0.2, 0) is 13.0 Å². The van der Waals surface area contributed by atoms with E-state index in [4.69, 9.17) is 4.42 Å². The minimum absolute atomic E-state index is 0.0125. The molecule has 0 saturated heterocycles. The number of aromatic amines is 1. The highest BCUT2D eigenvalue weighted by atomic mass is 16.4. The molecule has 0 saturated carbocycles. The zero-order chi connectivity index (χ0) is 15.1. The first-order valence-corrected chi connectivity index (χ1v) is 7.26. The van der Waals surface area contributed by atoms with E-state index in [-0.39, 0.29) is 11.8 Å². The molecule has 2 aromatic heterocycles. The number of hydrogen-bond acceptors (Lipinski definition) is 4. The number of H-pyrrole nitrogens is 1. The van der Waals surface area contributed by atoms with E-state index < -0.39 is 0 Å². The predicted octanol–water partition coefficient (Wildman–Crippen LogP) is 2.34. The summed E-state index contributed by atoms with van der Waals surface area (Å²) in [6.45, 7) is 8.99. The molecule has 0 aliphatic carbocycles. The molecular formula is C15H20N4O2. The standard InChI is InChI=1S/C15H20N4O2/c1-8(2)14-16-11-7-19(6-5-12(11)21-14)15(20)13-9(3)17-18-10(13)4/h8H,5-7H2,1-4H3,(H,17,18). The van der Waals surface area contributed by atoms with Gasteiger partial charge in [-0.05, 0) is 13.8 Å². The lowest BCUT2D eigenvalue weighted by molar-refractivity contribution is 0.0726. The number of aromatic nitrogens is 3. The SMILES string of the molecule is Cc1n[nH]c(C)c1C(=O)N1CCc2oc(C(C)C)nc2C1. The molecule has 0 aromatic carbocycles. The lowest BCUT2D eigenvalue weighted by atomic mass is 10.1. The smallest absolute Gasteiger partial charge is 0.257 e. The summed E-state index contributed by atoms with van der Waals surface area (Å²) in [5.41, 5.74) is 3.11. The highest BCUT2D eigenvalue weighted by molar-refractivity contribution is 5.96. The summed E-state index contributed by atoms with van der Waals surface area (Å²) < 4.78 is 5.77. The molecule has 6 nitrogen and oxygen atoms in total. The molecule has 1 aliphatic heterocycles. The molecule has 112 valence electrons. The summed E-state index contributed by atoms with van der Waals surface area (Å²) in [4.78, 5) is 19.0. The van der Waals surface area contributed by atoms with Crippen molar-refractivity contribution in [3.8, 4) is 0 Å². The van der Waals surface area contributed by atoms with Crippen molar-refractivity contribution in [1.29, 1.82) is 0 Å². The zero-order valence-corrected chi connectivity index (χ0v) is 12.9. The van der Waals surface area contributed by atoms with Crippen molar-refractivity contribution in [2.75, 3.05) is 6.54 Å². The first-order valence-electron chi connectivity index (χ1n) is 7.26. The third-order valence-corrected chi connectivity index (χ3v) is 3.87. The number of hydrogen-bond donors (Lipinski definition) is 1. The van der Waals surface area contributed by atoms with Crippen molar-refractivity contribution in [2.45, 2.75) is 46.6 Å². The van der Waals surface area contributed by atoms with Crippen LogP contribution in [0, 0.1) is 13.8 Å². The Bertz CT molecular complexity index is 664. The minimum atomic E-state index is 0.0125. The second-order valence-electron chi connectivity index (χ2n) is 5.86. The van der Waals surface area contributed by atoms with Gasteiger partial charge in [0.2, 0.25) is 0 Å². The summed E-state index contributed by atoms with van der Waals surface area (Å²) >= 11 is 0. The Morgan fingerprint density at radius 3 is 2.76 bits per heavy atom. The molecule has 3 heterocycles. The highest BCUT2D eigenvalue weighted by Gasteiger charge is 2.28. The first-order chi connectivity index (χ1) is 9.97. The Hall–Kier alpha value is -2.11. The average molecular weight is 288 g/mol. The van der Waals surface area contributed by atoms with Crippen LogP contribution in [0.3, 0.4) is 0 Å². The van der Waals surface area contributed by atoms with Crippen molar-refractivity contribution < 1.29 is 9.21 Å². The second-order valence-corrected chi connectivity index (χ2v) is 5.86. The van der Waals surface area contributed by atoms with Gasteiger partial charge in [-0.2, -0.15) is 5.10 Å². The molecule has 0 atom stereocenters. The van der Waals surface area contributed by atoms with Gasteiger partial charge in [0.1, 0.15) is 11.5 Å². The second kappa shape index (κ2) is 5.02. The lowest BCUT2D eigenvalue weighted by Gasteiger charge is -2.25. The van der Waals surface area contributed by atoms with E-state index in [0.717, 1.165) is 35.2 Å². The van der Waals surface area contributed by atoms with Gasteiger partial charge < -0.3 is 9.32 Å². The van der Waals surface area contributed by atoms with Crippen LogP contribution in [0.25, 0.3) is 0 Å². The third-order valence-electron chi connectivity index (χ3n) is 3.87. The monoisotopic (exact) mass is 288 g/mol. The van der Waals surface area contributed by atoms with Gasteiger partial charge in [0.05, 0.1) is 17.8 Å². The first kappa shape index (κ1) is 13.9. The Kier molecular flexibility index (Phi) is 3.31. The fourth-order valence-corrected chi connectivity index (χ4v) is 2.66. The van der Waals surface area contributed by atoms with Gasteiger partial charge in [0.25, 0.3) is 5.91 Å². The van der Waals surface area contributed by atoms with E-state index in [1.165, 1.54) is 0 Å². The fraction of sp³-hybridized carbons (Fsp3) is 0.533. The number of nitrogens with zero attached hydrogens (tertiary/aromatic N) is 3. The molecule has 1 aliphatic rings. The van der Waals surface area contributed by atoms with Gasteiger partial charge in [-0.25, -0.2) is 4.98 Å². The molecular weight excluding hydrogens is 268 g/mol. The van der Waals surface area contributed by atoms with Gasteiger partial charge in [0.15, 0.2) is 5.89 Å². The van der Waals surface area contributed by atoms with Gasteiger partial charge >= 0.3 is 0 Å². The van der Waals surface area contributed by atoms with Crippen LogP contribution in [0.5, 0.6) is 0 Å². The van der Waals surface area contributed by atoms with Gasteiger partial charge in [-0.15, -0.1) is 0 Å². The van der Waals surface area contributed by atoms with Crippen molar-refractivity contribution in [3.63, 3.8) is 0 Å². The number of rotatable bonds is 2. The maximum absolute atomic E-state index is 12.7. The summed E-state index contributed by atoms with van der Waals surface area (Å²) in [6.07, 6.45) is 0.719. The number of aryl methyl sites for hydroxylation is 2. The molecule has 3 rings (SSSR count). The van der Waals surface area contributed by atoms with Crippen molar-refractivity contribution in [3.05, 3.63) is 34.3 Å². The third kappa shape index (κ3) is 2.34. The Labute approximate surface area is 123 Å². The molecule has 1 N–H and O–H groups in total. The zero-order valence-electron chi connectivity index (χ0n) is 12.9. The molecule has 0 fully saturated rings. The van der Waals surface area contributed by atoms with Gasteiger partial charge in [-0.1, -0.05) is 13.8 Å². The lowest BCUT2D eigenvalue weighted by Crippen LogP contribution is -2.36. The number of nitrogens with one attached hydrogen (secondary N) is 1. The van der Waals surface area contributed by atoms with Gasteiger partial charge in [0, 0.05) is 24.6 Å². The van der Waals surface area contributed by atoms with Gasteiger partial charge in [-0.3, -0.25) is 9.89 Å². The Morgan fingerprint density at radius 2 is 2.14 bits per heavy atom. The Morgan fingerprint density at radius 1 is 1.38 bits per heavy atom. The fourth-order valence-electron chi connectivity index (χ4n) is 2.66. The molecule has 6 heteroatoms. The normalized spacial score (nSPS) is 14.6. The van der Waals surface area contributed by atoms with E-state index in [1.807, 2.05) is 18.7 Å². The van der Waals surface area contributed by atoms with E-state index in [9.17, 15) is 4.79 Å². The minimum Gasteiger partial charge on any atom is -0.445 e. The average Bonchev–Trinajstić information content (AvgIpc) is 3.01. The van der Waals surface area contributed by atoms with Crippen molar-refractivity contribution in [2.24, 2.45) is 0 Å². The Balaban J connectivity index is 1.84. The number of amides is 1. The maximum atomic E-state index is 12.7. The van der Waals surface area contributed by atoms with Crippen LogP contribution >= 0.6 is 0 Å². The summed E-state index contributed by atoms with van der Waals surface area (Å²) in [5, 5.41) is 6.96.